The highest BCUT2D eigenvalue weighted by Gasteiger charge is 2.74. The first-order valence-electron chi connectivity index (χ1n) is 7.11. The maximum Gasteiger partial charge on any atom is 0.213 e. The molecule has 1 unspecified atom stereocenters. The Bertz CT molecular complexity index is 562. The lowest BCUT2D eigenvalue weighted by Crippen LogP contribution is -2.70. The summed E-state index contributed by atoms with van der Waals surface area (Å²) in [5.74, 6) is 0.0507. The number of aromatic nitrogens is 1. The van der Waals surface area contributed by atoms with Crippen molar-refractivity contribution in [3.63, 3.8) is 0 Å². The Kier molecular flexibility index (Phi) is 1.98. The molecule has 100 valence electrons. The highest BCUT2D eigenvalue weighted by molar-refractivity contribution is 5.81. The van der Waals surface area contributed by atoms with E-state index < -0.39 is 0 Å². The van der Waals surface area contributed by atoms with Crippen LogP contribution in [0.15, 0.2) is 18.3 Å². The van der Waals surface area contributed by atoms with Crippen LogP contribution in [0.5, 0.6) is 0 Å². The Hall–Kier alpha value is -1.25. The first kappa shape index (κ1) is 11.6. The summed E-state index contributed by atoms with van der Waals surface area (Å²) in [6.07, 6.45) is 7.53. The molecule has 1 heterocycles. The van der Waals surface area contributed by atoms with Gasteiger partial charge in [-0.25, -0.2) is 4.98 Å². The van der Waals surface area contributed by atoms with Crippen molar-refractivity contribution in [2.75, 3.05) is 0 Å². The van der Waals surface area contributed by atoms with E-state index in [0.717, 1.165) is 44.1 Å². The summed E-state index contributed by atoms with van der Waals surface area (Å²) in [5.41, 5.74) is 1.86. The Balaban J connectivity index is 1.57. The molecule has 0 saturated heterocycles. The van der Waals surface area contributed by atoms with Gasteiger partial charge in [-0.05, 0) is 59.6 Å². The van der Waals surface area contributed by atoms with Gasteiger partial charge in [0.2, 0.25) is 5.95 Å². The minimum Gasteiger partial charge on any atom is -0.300 e. The summed E-state index contributed by atoms with van der Waals surface area (Å²) < 4.78 is 13.2. The van der Waals surface area contributed by atoms with Gasteiger partial charge in [0.1, 0.15) is 5.78 Å². The molecule has 0 N–H and O–H groups in total. The molecule has 1 aromatic rings. The third-order valence-corrected chi connectivity index (χ3v) is 6.19. The van der Waals surface area contributed by atoms with Crippen LogP contribution in [0.4, 0.5) is 4.39 Å². The van der Waals surface area contributed by atoms with Crippen LogP contribution in [0.3, 0.4) is 0 Å². The van der Waals surface area contributed by atoms with E-state index >= 15 is 0 Å². The zero-order valence-corrected chi connectivity index (χ0v) is 11.2. The molecule has 0 amide bonds. The first-order valence-corrected chi connectivity index (χ1v) is 7.11. The van der Waals surface area contributed by atoms with E-state index in [0.29, 0.717) is 11.2 Å². The van der Waals surface area contributed by atoms with Gasteiger partial charge in [0.15, 0.2) is 0 Å². The van der Waals surface area contributed by atoms with Gasteiger partial charge in [-0.2, -0.15) is 4.39 Å². The van der Waals surface area contributed by atoms with E-state index in [-0.39, 0.29) is 16.8 Å². The van der Waals surface area contributed by atoms with Crippen molar-refractivity contribution in [1.29, 1.82) is 0 Å². The summed E-state index contributed by atoms with van der Waals surface area (Å²) in [6, 6.07) is 3.54. The van der Waals surface area contributed by atoms with E-state index in [1.807, 2.05) is 6.07 Å². The van der Waals surface area contributed by atoms with E-state index in [9.17, 15) is 9.18 Å². The second-order valence-electron chi connectivity index (χ2n) is 7.23. The lowest BCUT2D eigenvalue weighted by atomic mass is 9.27. The van der Waals surface area contributed by atoms with Crippen molar-refractivity contribution in [2.24, 2.45) is 10.8 Å². The third-order valence-electron chi connectivity index (χ3n) is 6.19. The normalized spacial score (nSPS) is 43.8. The molecule has 0 spiro atoms. The van der Waals surface area contributed by atoms with Crippen LogP contribution >= 0.6 is 0 Å². The number of nitrogens with zero attached hydrogens (tertiary/aromatic N) is 1. The Morgan fingerprint density at radius 1 is 1.32 bits per heavy atom. The fourth-order valence-corrected chi connectivity index (χ4v) is 4.95. The highest BCUT2D eigenvalue weighted by Crippen LogP contribution is 2.81. The number of carbonyl (C=O) groups is 1. The fraction of sp³-hybridized carbons (Fsp3) is 0.625. The second kappa shape index (κ2) is 3.25. The summed E-state index contributed by atoms with van der Waals surface area (Å²) in [7, 11) is 0. The van der Waals surface area contributed by atoms with Crippen LogP contribution in [0.2, 0.25) is 0 Å². The molecule has 4 aliphatic rings. The highest BCUT2D eigenvalue weighted by atomic mass is 19.1. The van der Waals surface area contributed by atoms with Crippen LogP contribution in [0.1, 0.15) is 51.0 Å². The van der Waals surface area contributed by atoms with Crippen molar-refractivity contribution in [2.45, 2.75) is 50.9 Å². The van der Waals surface area contributed by atoms with E-state index in [4.69, 9.17) is 0 Å². The SMILES string of the molecule is CC1(C23CC(c4ccnc(F)c4)(C2)C3)CCC(=O)C1. The minimum atomic E-state index is -0.376. The predicted octanol–water partition coefficient (Wildman–Crippen LogP) is 3.40. The van der Waals surface area contributed by atoms with Crippen LogP contribution in [-0.2, 0) is 10.2 Å². The quantitative estimate of drug-likeness (QED) is 0.762. The Labute approximate surface area is 112 Å². The van der Waals surface area contributed by atoms with Crippen molar-refractivity contribution < 1.29 is 9.18 Å². The molecular formula is C16H18FNO. The molecule has 5 rings (SSSR count). The van der Waals surface area contributed by atoms with E-state index in [1.54, 1.807) is 12.3 Å². The van der Waals surface area contributed by atoms with Crippen LogP contribution in [0.25, 0.3) is 0 Å². The van der Waals surface area contributed by atoms with Gasteiger partial charge in [-0.1, -0.05) is 6.92 Å². The number of rotatable bonds is 2. The van der Waals surface area contributed by atoms with Gasteiger partial charge in [0.05, 0.1) is 0 Å². The average molecular weight is 259 g/mol. The number of carbonyl (C=O) groups excluding carboxylic acids is 1. The number of Topliss-reactive ketones (excluding diaryl/α,β-unsaturated/α-hetero) is 1. The zero-order valence-electron chi connectivity index (χ0n) is 11.2. The predicted molar refractivity (Wildman–Crippen MR) is 69.1 cm³/mol. The van der Waals surface area contributed by atoms with Crippen LogP contribution < -0.4 is 0 Å². The minimum absolute atomic E-state index is 0.193. The molecule has 1 atom stereocenters. The third kappa shape index (κ3) is 1.31. The maximum absolute atomic E-state index is 13.2. The molecule has 4 fully saturated rings. The maximum atomic E-state index is 13.2. The standard InChI is InChI=1S/C16H18FNO/c1-14(4-2-12(19)7-14)16-8-15(9-16,10-16)11-3-5-18-13(17)6-11/h3,5-6H,2,4,7-10H2,1H3. The first-order chi connectivity index (χ1) is 8.97. The van der Waals surface area contributed by atoms with Gasteiger partial charge < -0.3 is 0 Å². The van der Waals surface area contributed by atoms with Crippen LogP contribution in [-0.4, -0.2) is 10.8 Å². The average Bonchev–Trinajstić information content (AvgIpc) is 2.55. The lowest BCUT2D eigenvalue weighted by Gasteiger charge is -2.76. The number of halogens is 1. The number of pyridine rings is 1. The molecule has 3 heteroatoms. The van der Waals surface area contributed by atoms with Gasteiger partial charge >= 0.3 is 0 Å². The number of ketones is 1. The zero-order chi connectivity index (χ0) is 13.3. The van der Waals surface area contributed by atoms with Crippen molar-refractivity contribution in [3.8, 4) is 0 Å². The molecule has 0 aliphatic heterocycles. The molecule has 0 radical (unpaired) electrons. The van der Waals surface area contributed by atoms with E-state index in [1.165, 1.54) is 0 Å². The van der Waals surface area contributed by atoms with Crippen LogP contribution in [0, 0.1) is 16.8 Å². The topological polar surface area (TPSA) is 30.0 Å². The van der Waals surface area contributed by atoms with Gasteiger partial charge in [-0.15, -0.1) is 0 Å². The fourth-order valence-electron chi connectivity index (χ4n) is 4.95. The molecular weight excluding hydrogens is 241 g/mol. The summed E-state index contributed by atoms with van der Waals surface area (Å²) in [5, 5.41) is 0. The second-order valence-corrected chi connectivity index (χ2v) is 7.23. The monoisotopic (exact) mass is 259 g/mol. The van der Waals surface area contributed by atoms with Gasteiger partial charge in [0.25, 0.3) is 0 Å². The van der Waals surface area contributed by atoms with Crippen molar-refractivity contribution in [1.82, 2.24) is 4.98 Å². The number of hydrogen-bond donors (Lipinski definition) is 0. The van der Waals surface area contributed by atoms with Crippen molar-refractivity contribution in [3.05, 3.63) is 29.8 Å². The molecule has 4 saturated carbocycles. The smallest absolute Gasteiger partial charge is 0.213 e. The largest absolute Gasteiger partial charge is 0.300 e. The molecule has 0 aromatic carbocycles. The van der Waals surface area contributed by atoms with E-state index in [2.05, 4.69) is 11.9 Å². The molecule has 2 bridgehead atoms. The Morgan fingerprint density at radius 2 is 2.05 bits per heavy atom. The molecule has 1 aromatic heterocycles. The van der Waals surface area contributed by atoms with Crippen molar-refractivity contribution >= 4 is 5.78 Å². The van der Waals surface area contributed by atoms with Gasteiger partial charge in [-0.3, -0.25) is 4.79 Å². The molecule has 2 nitrogen and oxygen atoms in total. The lowest BCUT2D eigenvalue weighted by molar-refractivity contribution is -0.218. The molecule has 4 aliphatic carbocycles. The summed E-state index contributed by atoms with van der Waals surface area (Å²) in [6.45, 7) is 2.29. The Morgan fingerprint density at radius 3 is 2.63 bits per heavy atom. The molecule has 19 heavy (non-hydrogen) atoms. The number of hydrogen-bond acceptors (Lipinski definition) is 2. The summed E-state index contributed by atoms with van der Waals surface area (Å²) in [4.78, 5) is 15.2. The van der Waals surface area contributed by atoms with Gasteiger partial charge in [0, 0.05) is 19.0 Å². The summed E-state index contributed by atoms with van der Waals surface area (Å²) >= 11 is 0.